The van der Waals surface area contributed by atoms with Gasteiger partial charge in [0.2, 0.25) is 0 Å². The van der Waals surface area contributed by atoms with Crippen LogP contribution in [0.15, 0.2) is 41.1 Å². The minimum Gasteiger partial charge on any atom is -0.396 e. The molecule has 3 amide bonds. The van der Waals surface area contributed by atoms with E-state index in [1.54, 1.807) is 34.4 Å². The van der Waals surface area contributed by atoms with E-state index in [4.69, 9.17) is 0 Å². The van der Waals surface area contributed by atoms with Gasteiger partial charge in [0.25, 0.3) is 5.91 Å². The van der Waals surface area contributed by atoms with Crippen LogP contribution >= 0.6 is 11.3 Å². The number of aliphatic hydroxyl groups excluding tert-OH is 1. The van der Waals surface area contributed by atoms with Crippen LogP contribution in [0.25, 0.3) is 0 Å². The van der Waals surface area contributed by atoms with Gasteiger partial charge in [-0.25, -0.2) is 4.79 Å². The van der Waals surface area contributed by atoms with Gasteiger partial charge in [0.15, 0.2) is 0 Å². The highest BCUT2D eigenvalue weighted by Crippen LogP contribution is 2.18. The van der Waals surface area contributed by atoms with E-state index in [0.29, 0.717) is 30.9 Å². The van der Waals surface area contributed by atoms with Crippen LogP contribution in [0.3, 0.4) is 0 Å². The predicted octanol–water partition coefficient (Wildman–Crippen LogP) is 1.86. The summed E-state index contributed by atoms with van der Waals surface area (Å²) in [5.41, 5.74) is 2.38. The minimum atomic E-state index is -0.203. The number of aliphatic hydroxyl groups is 1. The van der Waals surface area contributed by atoms with Gasteiger partial charge in [0.05, 0.1) is 0 Å². The lowest BCUT2D eigenvalue weighted by molar-refractivity contribution is 0.0940. The van der Waals surface area contributed by atoms with Crippen molar-refractivity contribution in [1.82, 2.24) is 10.6 Å². The topological polar surface area (TPSA) is 81.7 Å². The van der Waals surface area contributed by atoms with Crippen LogP contribution in [0.4, 0.5) is 10.5 Å². The highest BCUT2D eigenvalue weighted by molar-refractivity contribution is 7.07. The molecular formula is C18H21N3O3S. The molecule has 1 atom stereocenters. The fraction of sp³-hybridized carbons (Fsp3) is 0.333. The molecule has 0 spiro atoms. The van der Waals surface area contributed by atoms with Crippen molar-refractivity contribution in [2.24, 2.45) is 5.92 Å². The van der Waals surface area contributed by atoms with Crippen molar-refractivity contribution in [3.63, 3.8) is 0 Å². The quantitative estimate of drug-likeness (QED) is 0.706. The number of hydrogen-bond acceptors (Lipinski definition) is 4. The number of nitrogens with one attached hydrogen (secondary N) is 2. The van der Waals surface area contributed by atoms with Gasteiger partial charge in [-0.15, -0.1) is 0 Å². The van der Waals surface area contributed by atoms with Crippen molar-refractivity contribution in [1.29, 1.82) is 0 Å². The second kappa shape index (κ2) is 8.13. The first-order valence-corrected chi connectivity index (χ1v) is 9.17. The molecule has 0 saturated carbocycles. The largest absolute Gasteiger partial charge is 0.396 e. The van der Waals surface area contributed by atoms with Crippen LogP contribution in [-0.2, 0) is 6.42 Å². The first-order valence-electron chi connectivity index (χ1n) is 8.23. The standard InChI is InChI=1S/C18H21N3O3S/c22-11-14(8-13-4-7-25-12-13)10-20-17(23)15-2-1-3-16(9-15)21-6-5-19-18(21)24/h1-4,7,9,12,14,22H,5-6,8,10-11H2,(H,19,24)(H,20,23)/t14-/m0/s1. The number of hydrogen-bond donors (Lipinski definition) is 3. The number of urea groups is 1. The summed E-state index contributed by atoms with van der Waals surface area (Å²) in [7, 11) is 0. The van der Waals surface area contributed by atoms with E-state index in [1.165, 1.54) is 5.56 Å². The van der Waals surface area contributed by atoms with E-state index in [1.807, 2.05) is 17.5 Å². The molecule has 0 unspecified atom stereocenters. The van der Waals surface area contributed by atoms with Crippen molar-refractivity contribution in [2.45, 2.75) is 6.42 Å². The van der Waals surface area contributed by atoms with Crippen molar-refractivity contribution in [3.05, 3.63) is 52.2 Å². The summed E-state index contributed by atoms with van der Waals surface area (Å²) < 4.78 is 0. The molecular weight excluding hydrogens is 338 g/mol. The molecule has 132 valence electrons. The van der Waals surface area contributed by atoms with Gasteiger partial charge in [-0.05, 0) is 47.0 Å². The van der Waals surface area contributed by atoms with Crippen LogP contribution in [0, 0.1) is 5.92 Å². The smallest absolute Gasteiger partial charge is 0.321 e. The summed E-state index contributed by atoms with van der Waals surface area (Å²) in [6, 6.07) is 8.90. The molecule has 7 heteroatoms. The molecule has 0 radical (unpaired) electrons. The van der Waals surface area contributed by atoms with E-state index in [2.05, 4.69) is 16.0 Å². The van der Waals surface area contributed by atoms with Crippen molar-refractivity contribution >= 4 is 29.0 Å². The average Bonchev–Trinajstić information content (AvgIpc) is 3.29. The number of anilines is 1. The Morgan fingerprint density at radius 3 is 2.96 bits per heavy atom. The summed E-state index contributed by atoms with van der Waals surface area (Å²) in [4.78, 5) is 25.8. The zero-order chi connectivity index (χ0) is 17.6. The van der Waals surface area contributed by atoms with Gasteiger partial charge in [-0.1, -0.05) is 6.07 Å². The Bertz CT molecular complexity index is 733. The molecule has 0 bridgehead atoms. The van der Waals surface area contributed by atoms with Crippen LogP contribution in [0.1, 0.15) is 15.9 Å². The molecule has 1 saturated heterocycles. The monoisotopic (exact) mass is 359 g/mol. The molecule has 1 aliphatic rings. The fourth-order valence-corrected chi connectivity index (χ4v) is 3.50. The first kappa shape index (κ1) is 17.4. The van der Waals surface area contributed by atoms with Crippen LogP contribution in [0.2, 0.25) is 0 Å². The molecule has 1 fully saturated rings. The van der Waals surface area contributed by atoms with Gasteiger partial charge in [-0.3, -0.25) is 9.69 Å². The third-order valence-corrected chi connectivity index (χ3v) is 4.92. The Kier molecular flexibility index (Phi) is 5.67. The number of amides is 3. The Hall–Kier alpha value is -2.38. The maximum atomic E-state index is 12.4. The van der Waals surface area contributed by atoms with Crippen molar-refractivity contribution in [2.75, 3.05) is 31.1 Å². The van der Waals surface area contributed by atoms with E-state index in [0.717, 1.165) is 6.42 Å². The molecule has 25 heavy (non-hydrogen) atoms. The number of carbonyl (C=O) groups is 2. The minimum absolute atomic E-state index is 0.0180. The SMILES string of the molecule is O=C(NC[C@@H](CO)Cc1ccsc1)c1cccc(N2CCNC2=O)c1. The number of nitrogens with zero attached hydrogens (tertiary/aromatic N) is 1. The fourth-order valence-electron chi connectivity index (χ4n) is 2.82. The molecule has 3 N–H and O–H groups in total. The Morgan fingerprint density at radius 2 is 2.28 bits per heavy atom. The molecule has 1 aromatic carbocycles. The number of carbonyl (C=O) groups excluding carboxylic acids is 2. The predicted molar refractivity (Wildman–Crippen MR) is 98.1 cm³/mol. The zero-order valence-corrected chi connectivity index (χ0v) is 14.6. The van der Waals surface area contributed by atoms with Crippen LogP contribution in [0.5, 0.6) is 0 Å². The summed E-state index contributed by atoms with van der Waals surface area (Å²) in [6.07, 6.45) is 0.730. The lowest BCUT2D eigenvalue weighted by Gasteiger charge is -2.16. The number of thiophene rings is 1. The Morgan fingerprint density at radius 1 is 1.40 bits per heavy atom. The van der Waals surface area contributed by atoms with E-state index in [-0.39, 0.29) is 24.5 Å². The maximum Gasteiger partial charge on any atom is 0.321 e. The molecule has 3 rings (SSSR count). The van der Waals surface area contributed by atoms with Crippen molar-refractivity contribution < 1.29 is 14.7 Å². The van der Waals surface area contributed by atoms with E-state index < -0.39 is 0 Å². The zero-order valence-electron chi connectivity index (χ0n) is 13.8. The lowest BCUT2D eigenvalue weighted by Crippen LogP contribution is -2.32. The Balaban J connectivity index is 1.60. The number of rotatable bonds is 7. The Labute approximate surface area is 150 Å². The third kappa shape index (κ3) is 4.37. The normalized spacial score (nSPS) is 15.1. The highest BCUT2D eigenvalue weighted by atomic mass is 32.1. The molecule has 2 aromatic rings. The first-order chi connectivity index (χ1) is 12.2. The molecule has 1 aromatic heterocycles. The summed E-state index contributed by atoms with van der Waals surface area (Å²) >= 11 is 1.62. The van der Waals surface area contributed by atoms with Gasteiger partial charge in [0, 0.05) is 43.4 Å². The van der Waals surface area contributed by atoms with Gasteiger partial charge in [-0.2, -0.15) is 11.3 Å². The molecule has 0 aliphatic carbocycles. The lowest BCUT2D eigenvalue weighted by atomic mass is 10.0. The maximum absolute atomic E-state index is 12.4. The average molecular weight is 359 g/mol. The summed E-state index contributed by atoms with van der Waals surface area (Å²) in [6.45, 7) is 1.62. The molecule has 6 nitrogen and oxygen atoms in total. The molecule has 2 heterocycles. The summed E-state index contributed by atoms with van der Waals surface area (Å²) in [5, 5.41) is 19.2. The summed E-state index contributed by atoms with van der Waals surface area (Å²) in [5.74, 6) is -0.226. The van der Waals surface area contributed by atoms with E-state index >= 15 is 0 Å². The van der Waals surface area contributed by atoms with Gasteiger partial charge < -0.3 is 15.7 Å². The van der Waals surface area contributed by atoms with Gasteiger partial charge >= 0.3 is 6.03 Å². The van der Waals surface area contributed by atoms with Gasteiger partial charge in [0.1, 0.15) is 0 Å². The second-order valence-electron chi connectivity index (χ2n) is 6.03. The molecule has 1 aliphatic heterocycles. The van der Waals surface area contributed by atoms with Crippen molar-refractivity contribution in [3.8, 4) is 0 Å². The van der Waals surface area contributed by atoms with Crippen LogP contribution in [-0.4, -0.2) is 43.3 Å². The highest BCUT2D eigenvalue weighted by Gasteiger charge is 2.22. The van der Waals surface area contributed by atoms with Crippen LogP contribution < -0.4 is 15.5 Å². The van der Waals surface area contributed by atoms with E-state index in [9.17, 15) is 14.7 Å². The second-order valence-corrected chi connectivity index (χ2v) is 6.81. The number of benzene rings is 1. The third-order valence-electron chi connectivity index (χ3n) is 4.19.